The number of hydrogen-bond donors (Lipinski definition) is 0. The summed E-state index contributed by atoms with van der Waals surface area (Å²) < 4.78 is 5.83. The Hall–Kier alpha value is -2.67. The van der Waals surface area contributed by atoms with Gasteiger partial charge in [0, 0.05) is 24.1 Å². The molecular formula is C16H14ClN3O4. The fourth-order valence-corrected chi connectivity index (χ4v) is 2.70. The lowest BCUT2D eigenvalue weighted by atomic mass is 10.3. The molecule has 1 fully saturated rings. The van der Waals surface area contributed by atoms with Crippen LogP contribution in [0.5, 0.6) is 5.75 Å². The Balaban J connectivity index is 1.62. The summed E-state index contributed by atoms with van der Waals surface area (Å²) in [6.07, 6.45) is 1.67. The number of likely N-dealkylation sites (tertiary alicyclic amines) is 1. The van der Waals surface area contributed by atoms with Gasteiger partial charge in [-0.15, -0.1) is 0 Å². The van der Waals surface area contributed by atoms with Crippen molar-refractivity contribution in [3.8, 4) is 5.75 Å². The van der Waals surface area contributed by atoms with Crippen molar-refractivity contribution in [2.75, 3.05) is 13.1 Å². The molecule has 1 aromatic carbocycles. The first kappa shape index (κ1) is 16.2. The smallest absolute Gasteiger partial charge is 0.287 e. The first-order valence-electron chi connectivity index (χ1n) is 7.35. The van der Waals surface area contributed by atoms with Crippen LogP contribution in [-0.4, -0.2) is 39.9 Å². The normalized spacial score (nSPS) is 16.9. The Kier molecular flexibility index (Phi) is 4.61. The van der Waals surface area contributed by atoms with E-state index in [0.29, 0.717) is 30.3 Å². The summed E-state index contributed by atoms with van der Waals surface area (Å²) in [5, 5.41) is 11.2. The highest BCUT2D eigenvalue weighted by Gasteiger charge is 2.29. The van der Waals surface area contributed by atoms with Crippen LogP contribution in [0.3, 0.4) is 0 Å². The molecule has 0 bridgehead atoms. The van der Waals surface area contributed by atoms with E-state index in [1.54, 1.807) is 23.1 Å². The monoisotopic (exact) mass is 347 g/mol. The molecule has 24 heavy (non-hydrogen) atoms. The summed E-state index contributed by atoms with van der Waals surface area (Å²) in [5.41, 5.74) is 0.0409. The standard InChI is InChI=1S/C16H14ClN3O4/c17-11-2-1-3-13(8-11)24-14-6-7-19(10-14)16(21)15-5-4-12(9-18-15)20(22)23/h1-5,8-9,14H,6-7,10H2/t14-/m1/s1. The minimum absolute atomic E-state index is 0.120. The molecule has 3 rings (SSSR count). The lowest BCUT2D eigenvalue weighted by Gasteiger charge is -2.17. The van der Waals surface area contributed by atoms with Crippen LogP contribution in [0.25, 0.3) is 0 Å². The Morgan fingerprint density at radius 1 is 1.38 bits per heavy atom. The van der Waals surface area contributed by atoms with E-state index in [0.717, 1.165) is 6.20 Å². The molecule has 124 valence electrons. The second kappa shape index (κ2) is 6.84. The number of hydrogen-bond acceptors (Lipinski definition) is 5. The second-order valence-electron chi connectivity index (χ2n) is 5.40. The maximum Gasteiger partial charge on any atom is 0.287 e. The first-order valence-corrected chi connectivity index (χ1v) is 7.72. The molecule has 1 aliphatic heterocycles. The van der Waals surface area contributed by atoms with Crippen molar-refractivity contribution in [3.63, 3.8) is 0 Å². The third-order valence-electron chi connectivity index (χ3n) is 3.71. The predicted molar refractivity (Wildman–Crippen MR) is 87.3 cm³/mol. The van der Waals surface area contributed by atoms with Crippen LogP contribution >= 0.6 is 11.6 Å². The van der Waals surface area contributed by atoms with E-state index in [1.807, 2.05) is 6.07 Å². The molecule has 0 radical (unpaired) electrons. The van der Waals surface area contributed by atoms with Gasteiger partial charge in [0.15, 0.2) is 0 Å². The molecule has 1 atom stereocenters. The average molecular weight is 348 g/mol. The number of pyridine rings is 1. The number of rotatable bonds is 4. The van der Waals surface area contributed by atoms with E-state index >= 15 is 0 Å². The average Bonchev–Trinajstić information content (AvgIpc) is 3.02. The summed E-state index contributed by atoms with van der Waals surface area (Å²) >= 11 is 5.92. The molecular weight excluding hydrogens is 334 g/mol. The Morgan fingerprint density at radius 2 is 2.21 bits per heavy atom. The Bertz CT molecular complexity index is 766. The summed E-state index contributed by atoms with van der Waals surface area (Å²) in [6, 6.07) is 9.75. The van der Waals surface area contributed by atoms with Crippen LogP contribution in [0, 0.1) is 10.1 Å². The van der Waals surface area contributed by atoms with Crippen molar-refractivity contribution in [2.24, 2.45) is 0 Å². The van der Waals surface area contributed by atoms with Crippen LogP contribution < -0.4 is 4.74 Å². The highest BCUT2D eigenvalue weighted by Crippen LogP contribution is 2.22. The highest BCUT2D eigenvalue weighted by atomic mass is 35.5. The number of halogens is 1. The third-order valence-corrected chi connectivity index (χ3v) is 3.94. The van der Waals surface area contributed by atoms with Gasteiger partial charge in [-0.1, -0.05) is 17.7 Å². The Morgan fingerprint density at radius 3 is 2.88 bits per heavy atom. The van der Waals surface area contributed by atoms with Crippen LogP contribution in [0.15, 0.2) is 42.6 Å². The molecule has 0 saturated carbocycles. The van der Waals surface area contributed by atoms with Gasteiger partial charge in [-0.05, 0) is 24.3 Å². The third kappa shape index (κ3) is 3.62. The molecule has 2 heterocycles. The van der Waals surface area contributed by atoms with Crippen molar-refractivity contribution in [1.82, 2.24) is 9.88 Å². The minimum atomic E-state index is -0.550. The largest absolute Gasteiger partial charge is 0.488 e. The zero-order valence-electron chi connectivity index (χ0n) is 12.6. The van der Waals surface area contributed by atoms with Gasteiger partial charge in [-0.2, -0.15) is 0 Å². The lowest BCUT2D eigenvalue weighted by molar-refractivity contribution is -0.385. The van der Waals surface area contributed by atoms with Crippen molar-refractivity contribution < 1.29 is 14.5 Å². The van der Waals surface area contributed by atoms with E-state index < -0.39 is 4.92 Å². The molecule has 0 spiro atoms. The molecule has 7 nitrogen and oxygen atoms in total. The number of aromatic nitrogens is 1. The predicted octanol–water partition coefficient (Wildman–Crippen LogP) is 2.94. The number of carbonyl (C=O) groups excluding carboxylic acids is 1. The maximum atomic E-state index is 12.4. The SMILES string of the molecule is O=C(c1ccc([N+](=O)[O-])cn1)N1CC[C@@H](Oc2cccc(Cl)c2)C1. The second-order valence-corrected chi connectivity index (χ2v) is 5.83. The van der Waals surface area contributed by atoms with Gasteiger partial charge < -0.3 is 9.64 Å². The van der Waals surface area contributed by atoms with Gasteiger partial charge >= 0.3 is 0 Å². The van der Waals surface area contributed by atoms with Crippen molar-refractivity contribution in [2.45, 2.75) is 12.5 Å². The number of benzene rings is 1. The summed E-state index contributed by atoms with van der Waals surface area (Å²) in [4.78, 5) is 28.0. The van der Waals surface area contributed by atoms with Crippen molar-refractivity contribution in [3.05, 3.63) is 63.4 Å². The molecule has 2 aromatic rings. The summed E-state index contributed by atoms with van der Waals surface area (Å²) in [5.74, 6) is 0.400. The van der Waals surface area contributed by atoms with Gasteiger partial charge in [0.2, 0.25) is 0 Å². The van der Waals surface area contributed by atoms with E-state index in [4.69, 9.17) is 16.3 Å². The maximum absolute atomic E-state index is 12.4. The van der Waals surface area contributed by atoms with E-state index in [1.165, 1.54) is 12.1 Å². The van der Waals surface area contributed by atoms with Gasteiger partial charge in [0.25, 0.3) is 11.6 Å². The topological polar surface area (TPSA) is 85.6 Å². The zero-order valence-corrected chi connectivity index (χ0v) is 13.3. The van der Waals surface area contributed by atoms with E-state index in [2.05, 4.69) is 4.98 Å². The molecule has 1 aromatic heterocycles. The number of ether oxygens (including phenoxy) is 1. The summed E-state index contributed by atoms with van der Waals surface area (Å²) in [6.45, 7) is 0.979. The molecule has 0 unspecified atom stereocenters. The minimum Gasteiger partial charge on any atom is -0.488 e. The highest BCUT2D eigenvalue weighted by molar-refractivity contribution is 6.30. The van der Waals surface area contributed by atoms with Gasteiger partial charge in [-0.25, -0.2) is 4.98 Å². The number of amides is 1. The van der Waals surface area contributed by atoms with Crippen LogP contribution in [-0.2, 0) is 0 Å². The number of carbonyl (C=O) groups is 1. The van der Waals surface area contributed by atoms with Gasteiger partial charge in [0.1, 0.15) is 23.7 Å². The van der Waals surface area contributed by atoms with Crippen LogP contribution in [0.1, 0.15) is 16.9 Å². The lowest BCUT2D eigenvalue weighted by Crippen LogP contribution is -2.31. The molecule has 0 aliphatic carbocycles. The number of nitrogens with zero attached hydrogens (tertiary/aromatic N) is 3. The van der Waals surface area contributed by atoms with E-state index in [-0.39, 0.29) is 23.4 Å². The van der Waals surface area contributed by atoms with E-state index in [9.17, 15) is 14.9 Å². The fraction of sp³-hybridized carbons (Fsp3) is 0.250. The first-order chi connectivity index (χ1) is 11.5. The van der Waals surface area contributed by atoms with Crippen molar-refractivity contribution in [1.29, 1.82) is 0 Å². The molecule has 1 aliphatic rings. The Labute approximate surface area is 143 Å². The fourth-order valence-electron chi connectivity index (χ4n) is 2.52. The zero-order chi connectivity index (χ0) is 17.1. The molecule has 0 N–H and O–H groups in total. The van der Waals surface area contributed by atoms with Crippen LogP contribution in [0.2, 0.25) is 5.02 Å². The number of nitro groups is 1. The molecule has 1 saturated heterocycles. The van der Waals surface area contributed by atoms with Crippen LogP contribution in [0.4, 0.5) is 5.69 Å². The van der Waals surface area contributed by atoms with Crippen molar-refractivity contribution >= 4 is 23.2 Å². The molecule has 1 amide bonds. The quantitative estimate of drug-likeness (QED) is 0.627. The van der Waals surface area contributed by atoms with Gasteiger partial charge in [-0.3, -0.25) is 14.9 Å². The van der Waals surface area contributed by atoms with Gasteiger partial charge in [0.05, 0.1) is 11.5 Å². The molecule has 8 heteroatoms. The summed E-state index contributed by atoms with van der Waals surface area (Å²) in [7, 11) is 0.